The molecule has 0 saturated heterocycles. The van der Waals surface area contributed by atoms with Crippen molar-refractivity contribution in [3.63, 3.8) is 0 Å². The Hall–Kier alpha value is -3.97. The number of thiol groups is 1. The third-order valence-electron chi connectivity index (χ3n) is 4.84. The van der Waals surface area contributed by atoms with Crippen LogP contribution in [-0.2, 0) is 17.4 Å². The van der Waals surface area contributed by atoms with E-state index >= 15 is 0 Å². The van der Waals surface area contributed by atoms with Gasteiger partial charge in [-0.25, -0.2) is 33.1 Å². The van der Waals surface area contributed by atoms with Crippen LogP contribution in [0.3, 0.4) is 0 Å². The van der Waals surface area contributed by atoms with Crippen molar-refractivity contribution >= 4 is 28.0 Å². The minimum absolute atomic E-state index is 0.0519. The van der Waals surface area contributed by atoms with Crippen LogP contribution < -0.4 is 24.7 Å². The van der Waals surface area contributed by atoms with Crippen LogP contribution in [0.2, 0.25) is 0 Å². The number of aromatic nitrogens is 5. The Morgan fingerprint density at radius 2 is 1.71 bits per heavy atom. The molecule has 0 spiro atoms. The zero-order valence-corrected chi connectivity index (χ0v) is 19.6. The zero-order valence-electron chi connectivity index (χ0n) is 18.7. The van der Waals surface area contributed by atoms with E-state index in [9.17, 15) is 8.42 Å². The quantitative estimate of drug-likeness (QED) is 0.297. The molecule has 4 aromatic rings. The lowest BCUT2D eigenvalue weighted by Crippen LogP contribution is -2.15. The molecule has 0 bridgehead atoms. The molecule has 0 amide bonds. The van der Waals surface area contributed by atoms with Gasteiger partial charge in [-0.2, -0.15) is 0 Å². The molecular weight excluding hydrogens is 462 g/mol. The summed E-state index contributed by atoms with van der Waals surface area (Å²) in [6, 6.07) is 10.6. The molecule has 3 N–H and O–H groups in total. The first-order valence-corrected chi connectivity index (χ1v) is 11.4. The molecule has 178 valence electrons. The molecule has 13 heteroatoms. The molecular formula is C21H23N7O5S. The molecule has 34 heavy (non-hydrogen) atoms. The summed E-state index contributed by atoms with van der Waals surface area (Å²) in [6.07, 6.45) is 0. The Bertz CT molecular complexity index is 1390. The standard InChI is InChI=1S/C21H23N7O5S/c1-4-33-16-10-5-7-12(24-16)20-27-19-21(25-13(18(22)26-19)11-23-34(29)30)28(20)17-14(31-2)8-6-9-15(17)32-3/h5-10,34H,4,11H2,1-3H3,(H2,22,26)(H,23,29,30). The highest BCUT2D eigenvalue weighted by molar-refractivity contribution is 7.70. The van der Waals surface area contributed by atoms with Crippen molar-refractivity contribution in [1.82, 2.24) is 29.2 Å². The first kappa shape index (κ1) is 23.2. The fourth-order valence-electron chi connectivity index (χ4n) is 3.41. The number of hydrogen-bond donors (Lipinski definition) is 3. The van der Waals surface area contributed by atoms with Gasteiger partial charge in [0.05, 0.1) is 33.1 Å². The van der Waals surface area contributed by atoms with Gasteiger partial charge in [0, 0.05) is 6.07 Å². The molecule has 12 nitrogen and oxygen atoms in total. The summed E-state index contributed by atoms with van der Waals surface area (Å²) in [7, 11) is 0.228. The van der Waals surface area contributed by atoms with E-state index in [-0.39, 0.29) is 23.7 Å². The molecule has 0 saturated carbocycles. The predicted octanol–water partition coefficient (Wildman–Crippen LogP) is 1.49. The molecule has 0 unspecified atom stereocenters. The van der Waals surface area contributed by atoms with Gasteiger partial charge in [-0.15, -0.1) is 0 Å². The maximum absolute atomic E-state index is 11.0. The van der Waals surface area contributed by atoms with Crippen LogP contribution in [0.25, 0.3) is 28.5 Å². The SMILES string of the molecule is CCOc1cccc(-c2nc3nc(N)c(CN[SH](=O)=O)nc3n2-c2c(OC)cccc2OC)n1. The van der Waals surface area contributed by atoms with Crippen molar-refractivity contribution < 1.29 is 22.6 Å². The van der Waals surface area contributed by atoms with E-state index in [1.807, 2.05) is 6.92 Å². The number of methoxy groups -OCH3 is 2. The highest BCUT2D eigenvalue weighted by atomic mass is 32.2. The second kappa shape index (κ2) is 9.89. The number of nitrogens with two attached hydrogens (primary N) is 1. The molecule has 3 aromatic heterocycles. The van der Waals surface area contributed by atoms with Crippen LogP contribution in [0, 0.1) is 0 Å². The Kier molecular flexibility index (Phi) is 6.75. The summed E-state index contributed by atoms with van der Waals surface area (Å²) in [6.45, 7) is 2.19. The van der Waals surface area contributed by atoms with E-state index < -0.39 is 10.9 Å². The number of nitrogens with one attached hydrogen (secondary N) is 1. The Balaban J connectivity index is 2.06. The van der Waals surface area contributed by atoms with Crippen molar-refractivity contribution in [3.05, 3.63) is 42.1 Å². The number of imidazole rings is 1. The second-order valence-corrected chi connectivity index (χ2v) is 7.70. The zero-order chi connectivity index (χ0) is 24.2. The summed E-state index contributed by atoms with van der Waals surface area (Å²) < 4.78 is 42.8. The lowest BCUT2D eigenvalue weighted by Gasteiger charge is -2.16. The molecule has 0 fully saturated rings. The number of hydrogen-bond acceptors (Lipinski definition) is 10. The third-order valence-corrected chi connectivity index (χ3v) is 5.26. The van der Waals surface area contributed by atoms with Crippen LogP contribution in [0.5, 0.6) is 17.4 Å². The number of benzene rings is 1. The molecule has 3 heterocycles. The van der Waals surface area contributed by atoms with Gasteiger partial charge in [-0.1, -0.05) is 12.1 Å². The van der Waals surface area contributed by atoms with Crippen LogP contribution in [0.4, 0.5) is 5.82 Å². The number of fused-ring (bicyclic) bond motifs is 1. The number of nitrogens with zero attached hydrogens (tertiary/aromatic N) is 5. The van der Waals surface area contributed by atoms with Crippen molar-refractivity contribution in [2.24, 2.45) is 0 Å². The van der Waals surface area contributed by atoms with Gasteiger partial charge in [0.15, 0.2) is 17.1 Å². The first-order valence-electron chi connectivity index (χ1n) is 10.2. The van der Waals surface area contributed by atoms with E-state index in [0.29, 0.717) is 46.8 Å². The number of pyridine rings is 1. The Labute approximate surface area is 196 Å². The maximum atomic E-state index is 11.0. The number of nitrogen functional groups attached to an aromatic ring is 1. The second-order valence-electron chi connectivity index (χ2n) is 6.87. The van der Waals surface area contributed by atoms with Crippen LogP contribution in [0.1, 0.15) is 12.6 Å². The van der Waals surface area contributed by atoms with Gasteiger partial charge >= 0.3 is 0 Å². The normalized spacial score (nSPS) is 11.2. The Morgan fingerprint density at radius 3 is 2.35 bits per heavy atom. The van der Waals surface area contributed by atoms with Crippen LogP contribution in [-0.4, -0.2) is 53.7 Å². The lowest BCUT2D eigenvalue weighted by atomic mass is 10.2. The average molecular weight is 486 g/mol. The summed E-state index contributed by atoms with van der Waals surface area (Å²) >= 11 is 0. The van der Waals surface area contributed by atoms with E-state index in [4.69, 9.17) is 19.9 Å². The summed E-state index contributed by atoms with van der Waals surface area (Å²) in [5, 5.41) is 0. The summed E-state index contributed by atoms with van der Waals surface area (Å²) in [5.74, 6) is 1.84. The lowest BCUT2D eigenvalue weighted by molar-refractivity contribution is 0.327. The molecule has 0 aliphatic carbocycles. The van der Waals surface area contributed by atoms with Crippen LogP contribution >= 0.6 is 0 Å². The molecule has 0 radical (unpaired) electrons. The van der Waals surface area contributed by atoms with E-state index in [2.05, 4.69) is 24.7 Å². The fraction of sp³-hybridized carbons (Fsp3) is 0.238. The number of anilines is 1. The summed E-state index contributed by atoms with van der Waals surface area (Å²) in [5.41, 5.74) is 7.83. The van der Waals surface area contributed by atoms with Gasteiger partial charge in [-0.3, -0.25) is 4.57 Å². The van der Waals surface area contributed by atoms with Gasteiger partial charge < -0.3 is 19.9 Å². The van der Waals surface area contributed by atoms with Crippen molar-refractivity contribution in [3.8, 4) is 34.6 Å². The minimum atomic E-state index is -2.84. The number of para-hydroxylation sites is 1. The monoisotopic (exact) mass is 485 g/mol. The van der Waals surface area contributed by atoms with Gasteiger partial charge in [-0.05, 0) is 25.1 Å². The average Bonchev–Trinajstić information content (AvgIpc) is 3.19. The highest BCUT2D eigenvalue weighted by Crippen LogP contribution is 2.38. The highest BCUT2D eigenvalue weighted by Gasteiger charge is 2.24. The van der Waals surface area contributed by atoms with Gasteiger partial charge in [0.2, 0.25) is 16.8 Å². The Morgan fingerprint density at radius 1 is 1.00 bits per heavy atom. The smallest absolute Gasteiger partial charge is 0.213 e. The first-order chi connectivity index (χ1) is 16.5. The number of ether oxygens (including phenoxy) is 3. The largest absolute Gasteiger partial charge is 0.494 e. The molecule has 0 aliphatic rings. The van der Waals surface area contributed by atoms with Crippen LogP contribution in [0.15, 0.2) is 36.4 Å². The summed E-state index contributed by atoms with van der Waals surface area (Å²) in [4.78, 5) is 18.2. The van der Waals surface area contributed by atoms with Gasteiger partial charge in [0.25, 0.3) is 0 Å². The molecule has 1 aromatic carbocycles. The van der Waals surface area contributed by atoms with Crippen molar-refractivity contribution in [2.75, 3.05) is 26.6 Å². The van der Waals surface area contributed by atoms with E-state index in [1.54, 1.807) is 41.0 Å². The third kappa shape index (κ3) is 4.43. The number of rotatable bonds is 9. The predicted molar refractivity (Wildman–Crippen MR) is 126 cm³/mol. The van der Waals surface area contributed by atoms with E-state index in [1.165, 1.54) is 14.2 Å². The molecule has 4 rings (SSSR count). The molecule has 0 atom stereocenters. The van der Waals surface area contributed by atoms with Crippen molar-refractivity contribution in [2.45, 2.75) is 13.5 Å². The maximum Gasteiger partial charge on any atom is 0.213 e. The minimum Gasteiger partial charge on any atom is -0.494 e. The van der Waals surface area contributed by atoms with Crippen molar-refractivity contribution in [1.29, 1.82) is 0 Å². The fourth-order valence-corrected chi connectivity index (χ4v) is 3.69. The topological polar surface area (TPSA) is 156 Å². The molecule has 0 aliphatic heterocycles. The van der Waals surface area contributed by atoms with Gasteiger partial charge in [0.1, 0.15) is 28.7 Å². The van der Waals surface area contributed by atoms with E-state index in [0.717, 1.165) is 0 Å².